The molecule has 0 aromatic heterocycles. The number of aryl methyl sites for hydroxylation is 1. The third kappa shape index (κ3) is 2.02. The van der Waals surface area contributed by atoms with Crippen molar-refractivity contribution < 1.29 is 4.79 Å². The Morgan fingerprint density at radius 2 is 2.05 bits per heavy atom. The van der Waals surface area contributed by atoms with Gasteiger partial charge in [0, 0.05) is 24.4 Å². The lowest BCUT2D eigenvalue weighted by molar-refractivity contribution is -0.134. The zero-order chi connectivity index (χ0) is 14.4. The summed E-state index contributed by atoms with van der Waals surface area (Å²) in [6.07, 6.45) is 5.58. The number of hydrogen-bond acceptors (Lipinski definition) is 2. The van der Waals surface area contributed by atoms with Crippen LogP contribution in [0.15, 0.2) is 24.3 Å². The minimum absolute atomic E-state index is 0.189. The van der Waals surface area contributed by atoms with Crippen molar-refractivity contribution in [2.24, 2.45) is 5.92 Å². The second-order valence-electron chi connectivity index (χ2n) is 7.00. The van der Waals surface area contributed by atoms with Gasteiger partial charge in [0.2, 0.25) is 5.91 Å². The van der Waals surface area contributed by atoms with Crippen molar-refractivity contribution in [2.75, 3.05) is 20.1 Å². The molecule has 1 spiro atoms. The van der Waals surface area contributed by atoms with Gasteiger partial charge in [-0.15, -0.1) is 0 Å². The van der Waals surface area contributed by atoms with E-state index in [1.807, 2.05) is 7.05 Å². The Morgan fingerprint density at radius 3 is 2.86 bits per heavy atom. The van der Waals surface area contributed by atoms with Gasteiger partial charge in [-0.1, -0.05) is 24.3 Å². The Balaban J connectivity index is 1.51. The molecule has 1 saturated carbocycles. The molecule has 2 aliphatic carbocycles. The fourth-order valence-electron chi connectivity index (χ4n) is 4.54. The van der Waals surface area contributed by atoms with E-state index in [4.69, 9.17) is 0 Å². The van der Waals surface area contributed by atoms with Crippen LogP contribution in [0.25, 0.3) is 0 Å². The van der Waals surface area contributed by atoms with Crippen LogP contribution in [-0.2, 0) is 16.6 Å². The van der Waals surface area contributed by atoms with Gasteiger partial charge in [0.1, 0.15) is 0 Å². The summed E-state index contributed by atoms with van der Waals surface area (Å²) in [5.74, 6) is 0.625. The molecule has 3 heteroatoms. The largest absolute Gasteiger partial charge is 0.342 e. The van der Waals surface area contributed by atoms with E-state index < -0.39 is 0 Å². The highest BCUT2D eigenvalue weighted by atomic mass is 16.2. The molecule has 0 radical (unpaired) electrons. The molecule has 1 heterocycles. The van der Waals surface area contributed by atoms with Crippen molar-refractivity contribution in [2.45, 2.75) is 43.6 Å². The summed E-state index contributed by atoms with van der Waals surface area (Å²) in [6.45, 7) is 2.09. The Bertz CT molecular complexity index is 564. The van der Waals surface area contributed by atoms with Crippen molar-refractivity contribution in [3.8, 4) is 0 Å². The van der Waals surface area contributed by atoms with Crippen molar-refractivity contribution in [3.63, 3.8) is 0 Å². The summed E-state index contributed by atoms with van der Waals surface area (Å²) >= 11 is 0. The summed E-state index contributed by atoms with van der Waals surface area (Å²) in [6, 6.07) is 9.18. The monoisotopic (exact) mass is 284 g/mol. The summed E-state index contributed by atoms with van der Waals surface area (Å²) in [7, 11) is 2.02. The number of nitrogens with zero attached hydrogens (tertiary/aromatic N) is 1. The maximum atomic E-state index is 12.9. The third-order valence-corrected chi connectivity index (χ3v) is 5.97. The van der Waals surface area contributed by atoms with Crippen LogP contribution in [-0.4, -0.2) is 37.0 Å². The molecule has 4 rings (SSSR count). The van der Waals surface area contributed by atoms with Crippen LogP contribution in [0.1, 0.15) is 36.8 Å². The van der Waals surface area contributed by atoms with Crippen LogP contribution in [0.5, 0.6) is 0 Å². The standard InChI is InChI=1S/C18H24N2O/c1-20(14-7-10-19-11-8-14)17(21)16-12-18(16)9-6-13-4-2-3-5-15(13)18/h2-5,14,16,19H,6-12H2,1H3. The molecular weight excluding hydrogens is 260 g/mol. The summed E-state index contributed by atoms with van der Waals surface area (Å²) < 4.78 is 0. The van der Waals surface area contributed by atoms with E-state index in [-0.39, 0.29) is 11.3 Å². The van der Waals surface area contributed by atoms with E-state index in [0.717, 1.165) is 38.8 Å². The number of fused-ring (bicyclic) bond motifs is 2. The van der Waals surface area contributed by atoms with Gasteiger partial charge in [0.05, 0.1) is 0 Å². The van der Waals surface area contributed by atoms with Crippen LogP contribution >= 0.6 is 0 Å². The molecular formula is C18H24N2O. The number of hydrogen-bond donors (Lipinski definition) is 1. The molecule has 1 N–H and O–H groups in total. The zero-order valence-corrected chi connectivity index (χ0v) is 12.8. The van der Waals surface area contributed by atoms with Crippen molar-refractivity contribution in [3.05, 3.63) is 35.4 Å². The lowest BCUT2D eigenvalue weighted by Crippen LogP contribution is -2.45. The Kier molecular flexibility index (Phi) is 3.07. The van der Waals surface area contributed by atoms with Gasteiger partial charge < -0.3 is 10.2 Å². The maximum absolute atomic E-state index is 12.9. The molecule has 1 aliphatic heterocycles. The second-order valence-corrected chi connectivity index (χ2v) is 7.00. The SMILES string of the molecule is CN(C(=O)C1CC12CCc1ccccc12)C1CCNCC1. The Hall–Kier alpha value is -1.35. The van der Waals surface area contributed by atoms with E-state index in [0.29, 0.717) is 11.9 Å². The topological polar surface area (TPSA) is 32.3 Å². The molecule has 112 valence electrons. The van der Waals surface area contributed by atoms with Gasteiger partial charge in [-0.3, -0.25) is 4.79 Å². The smallest absolute Gasteiger partial charge is 0.226 e. The third-order valence-electron chi connectivity index (χ3n) is 5.97. The fraction of sp³-hybridized carbons (Fsp3) is 0.611. The minimum atomic E-state index is 0.189. The van der Waals surface area contributed by atoms with E-state index >= 15 is 0 Å². The maximum Gasteiger partial charge on any atom is 0.226 e. The zero-order valence-electron chi connectivity index (χ0n) is 12.8. The van der Waals surface area contributed by atoms with Crippen LogP contribution < -0.4 is 5.32 Å². The lowest BCUT2D eigenvalue weighted by Gasteiger charge is -2.32. The van der Waals surface area contributed by atoms with Gasteiger partial charge in [-0.05, 0) is 56.3 Å². The first-order valence-electron chi connectivity index (χ1n) is 8.28. The number of benzene rings is 1. The molecule has 1 aromatic rings. The Morgan fingerprint density at radius 1 is 1.29 bits per heavy atom. The number of piperidine rings is 1. The van der Waals surface area contributed by atoms with E-state index in [9.17, 15) is 4.79 Å². The highest BCUT2D eigenvalue weighted by molar-refractivity contribution is 5.85. The van der Waals surface area contributed by atoms with Crippen LogP contribution in [0, 0.1) is 5.92 Å². The first-order chi connectivity index (χ1) is 10.2. The normalized spacial score (nSPS) is 31.2. The number of rotatable bonds is 2. The number of amides is 1. The summed E-state index contributed by atoms with van der Waals surface area (Å²) in [4.78, 5) is 14.9. The van der Waals surface area contributed by atoms with Crippen LogP contribution in [0.4, 0.5) is 0 Å². The first kappa shape index (κ1) is 13.3. The average Bonchev–Trinajstić information content (AvgIpc) is 3.16. The molecule has 1 saturated heterocycles. The second kappa shape index (κ2) is 4.84. The molecule has 0 bridgehead atoms. The Labute approximate surface area is 126 Å². The molecule has 3 nitrogen and oxygen atoms in total. The fourth-order valence-corrected chi connectivity index (χ4v) is 4.54. The van der Waals surface area contributed by atoms with Crippen molar-refractivity contribution >= 4 is 5.91 Å². The van der Waals surface area contributed by atoms with E-state index in [2.05, 4.69) is 34.5 Å². The molecule has 2 unspecified atom stereocenters. The molecule has 1 amide bonds. The van der Waals surface area contributed by atoms with Crippen LogP contribution in [0.3, 0.4) is 0 Å². The van der Waals surface area contributed by atoms with E-state index in [1.54, 1.807) is 0 Å². The predicted molar refractivity (Wildman–Crippen MR) is 83.2 cm³/mol. The molecule has 2 atom stereocenters. The molecule has 21 heavy (non-hydrogen) atoms. The number of nitrogens with one attached hydrogen (secondary N) is 1. The molecule has 1 aromatic carbocycles. The molecule has 3 aliphatic rings. The highest BCUT2D eigenvalue weighted by Crippen LogP contribution is 2.62. The van der Waals surface area contributed by atoms with Gasteiger partial charge in [0.25, 0.3) is 0 Å². The molecule has 2 fully saturated rings. The first-order valence-corrected chi connectivity index (χ1v) is 8.28. The predicted octanol–water partition coefficient (Wildman–Crippen LogP) is 2.10. The number of carbonyl (C=O) groups excluding carboxylic acids is 1. The van der Waals surface area contributed by atoms with Crippen molar-refractivity contribution in [1.82, 2.24) is 10.2 Å². The number of carbonyl (C=O) groups is 1. The summed E-state index contributed by atoms with van der Waals surface area (Å²) in [5, 5.41) is 3.38. The van der Waals surface area contributed by atoms with E-state index in [1.165, 1.54) is 17.5 Å². The quantitative estimate of drug-likeness (QED) is 0.902. The highest BCUT2D eigenvalue weighted by Gasteiger charge is 2.62. The average molecular weight is 284 g/mol. The van der Waals surface area contributed by atoms with Gasteiger partial charge in [0.15, 0.2) is 0 Å². The lowest BCUT2D eigenvalue weighted by atomic mass is 9.94. The van der Waals surface area contributed by atoms with Crippen molar-refractivity contribution in [1.29, 1.82) is 0 Å². The van der Waals surface area contributed by atoms with Gasteiger partial charge >= 0.3 is 0 Å². The minimum Gasteiger partial charge on any atom is -0.342 e. The summed E-state index contributed by atoms with van der Waals surface area (Å²) in [5.41, 5.74) is 3.12. The van der Waals surface area contributed by atoms with Gasteiger partial charge in [-0.25, -0.2) is 0 Å². The van der Waals surface area contributed by atoms with Crippen LogP contribution in [0.2, 0.25) is 0 Å². The van der Waals surface area contributed by atoms with Gasteiger partial charge in [-0.2, -0.15) is 0 Å².